The van der Waals surface area contributed by atoms with Gasteiger partial charge < -0.3 is 9.64 Å². The highest BCUT2D eigenvalue weighted by Crippen LogP contribution is 2.45. The van der Waals surface area contributed by atoms with Crippen molar-refractivity contribution < 1.29 is 9.53 Å². The molecule has 4 aromatic rings. The minimum absolute atomic E-state index is 0.466. The lowest BCUT2D eigenvalue weighted by Gasteiger charge is -2.30. The van der Waals surface area contributed by atoms with Crippen molar-refractivity contribution in [1.82, 2.24) is 0 Å². The third kappa shape index (κ3) is 3.34. The summed E-state index contributed by atoms with van der Waals surface area (Å²) < 4.78 is 5.29. The first-order valence-electron chi connectivity index (χ1n) is 11.5. The summed E-state index contributed by atoms with van der Waals surface area (Å²) in [4.78, 5) is 13.9. The van der Waals surface area contributed by atoms with E-state index >= 15 is 0 Å². The Morgan fingerprint density at radius 3 is 2.41 bits per heavy atom. The Morgan fingerprint density at radius 2 is 1.62 bits per heavy atom. The number of esters is 1. The standard InChI is InChI=1S/C31H23NO2/c1-2-29(33)34-26-17-15-25(16-18-26)32(24-9-4-3-5-10-24)28-20-14-23-12-11-21-7-6-8-22-13-19-27(28)31(23)30(21)22/h2-7,9-11,13-20H,1,8,12H2. The van der Waals surface area contributed by atoms with E-state index in [1.54, 1.807) is 0 Å². The number of nitrogens with zero attached hydrogens (tertiary/aromatic N) is 1. The van der Waals surface area contributed by atoms with Crippen molar-refractivity contribution in [2.24, 2.45) is 0 Å². The van der Waals surface area contributed by atoms with Crippen LogP contribution in [0.4, 0.5) is 17.1 Å². The van der Waals surface area contributed by atoms with Gasteiger partial charge in [0.25, 0.3) is 0 Å². The smallest absolute Gasteiger partial charge is 0.335 e. The largest absolute Gasteiger partial charge is 0.423 e. The van der Waals surface area contributed by atoms with E-state index in [-0.39, 0.29) is 0 Å². The van der Waals surface area contributed by atoms with E-state index in [0.717, 1.165) is 29.9 Å². The fourth-order valence-corrected chi connectivity index (χ4v) is 5.02. The van der Waals surface area contributed by atoms with E-state index in [1.165, 1.54) is 39.1 Å². The highest BCUT2D eigenvalue weighted by molar-refractivity contribution is 6.08. The monoisotopic (exact) mass is 441 g/mol. The highest BCUT2D eigenvalue weighted by Gasteiger charge is 2.23. The van der Waals surface area contributed by atoms with E-state index in [4.69, 9.17) is 4.74 Å². The van der Waals surface area contributed by atoms with Crippen LogP contribution in [-0.2, 0) is 17.6 Å². The van der Waals surface area contributed by atoms with Crippen molar-refractivity contribution in [2.75, 3.05) is 4.90 Å². The van der Waals surface area contributed by atoms with Crippen LogP contribution in [0.3, 0.4) is 0 Å². The van der Waals surface area contributed by atoms with Crippen molar-refractivity contribution in [2.45, 2.75) is 12.8 Å². The summed E-state index contributed by atoms with van der Waals surface area (Å²) in [6.45, 7) is 3.47. The van der Waals surface area contributed by atoms with Crippen LogP contribution in [0.5, 0.6) is 5.75 Å². The fraction of sp³-hybridized carbons (Fsp3) is 0.0645. The molecule has 2 aliphatic carbocycles. The van der Waals surface area contributed by atoms with Crippen molar-refractivity contribution >= 4 is 39.4 Å². The summed E-state index contributed by atoms with van der Waals surface area (Å²) in [7, 11) is 0. The van der Waals surface area contributed by atoms with Gasteiger partial charge in [0.15, 0.2) is 0 Å². The Hall–Kier alpha value is -4.37. The molecule has 0 atom stereocenters. The molecule has 4 aromatic carbocycles. The molecule has 0 spiro atoms. The molecule has 0 bridgehead atoms. The molecule has 0 saturated heterocycles. The predicted molar refractivity (Wildman–Crippen MR) is 139 cm³/mol. The number of para-hydroxylation sites is 1. The number of allylic oxidation sites excluding steroid dienone is 4. The Labute approximate surface area is 198 Å². The Morgan fingerprint density at radius 1 is 0.853 bits per heavy atom. The Bertz CT molecular complexity index is 1490. The van der Waals surface area contributed by atoms with Crippen LogP contribution in [0.25, 0.3) is 16.3 Å². The molecule has 0 amide bonds. The molecule has 2 aliphatic rings. The van der Waals surface area contributed by atoms with Gasteiger partial charge in [-0.25, -0.2) is 4.79 Å². The predicted octanol–water partition coefficient (Wildman–Crippen LogP) is 7.45. The molecular formula is C31H23NO2. The molecule has 3 nitrogen and oxygen atoms in total. The fourth-order valence-electron chi connectivity index (χ4n) is 5.02. The molecule has 0 aliphatic heterocycles. The summed E-state index contributed by atoms with van der Waals surface area (Å²) in [6, 6.07) is 27.0. The van der Waals surface area contributed by atoms with Crippen LogP contribution in [0.15, 0.2) is 110 Å². The first-order chi connectivity index (χ1) is 16.7. The summed E-state index contributed by atoms with van der Waals surface area (Å²) in [5.41, 5.74) is 8.65. The van der Waals surface area contributed by atoms with Gasteiger partial charge in [-0.15, -0.1) is 0 Å². The lowest BCUT2D eigenvalue weighted by atomic mass is 9.81. The lowest BCUT2D eigenvalue weighted by Crippen LogP contribution is -2.12. The third-order valence-electron chi connectivity index (χ3n) is 6.53. The van der Waals surface area contributed by atoms with Crippen molar-refractivity contribution in [1.29, 1.82) is 0 Å². The van der Waals surface area contributed by atoms with E-state index in [9.17, 15) is 4.79 Å². The van der Waals surface area contributed by atoms with Gasteiger partial charge in [-0.05, 0) is 83.0 Å². The van der Waals surface area contributed by atoms with E-state index in [2.05, 4.69) is 78.2 Å². The number of rotatable bonds is 5. The quantitative estimate of drug-likeness (QED) is 0.183. The van der Waals surface area contributed by atoms with Crippen molar-refractivity contribution in [3.63, 3.8) is 0 Å². The molecule has 0 fully saturated rings. The molecule has 164 valence electrons. The maximum Gasteiger partial charge on any atom is 0.335 e. The van der Waals surface area contributed by atoms with Crippen LogP contribution in [0.2, 0.25) is 0 Å². The number of carbonyl (C=O) groups excluding carboxylic acids is 1. The molecule has 0 radical (unpaired) electrons. The van der Waals surface area contributed by atoms with Crippen molar-refractivity contribution in [3.05, 3.63) is 126 Å². The topological polar surface area (TPSA) is 29.5 Å². The minimum atomic E-state index is -0.466. The van der Waals surface area contributed by atoms with Gasteiger partial charge in [-0.1, -0.05) is 61.2 Å². The van der Waals surface area contributed by atoms with E-state index in [1.807, 2.05) is 30.3 Å². The number of hydrogen-bond donors (Lipinski definition) is 0. The number of carbonyl (C=O) groups is 1. The van der Waals surface area contributed by atoms with Crippen LogP contribution >= 0.6 is 0 Å². The van der Waals surface area contributed by atoms with Gasteiger partial charge >= 0.3 is 5.97 Å². The van der Waals surface area contributed by atoms with Crippen LogP contribution in [0, 0.1) is 0 Å². The molecule has 0 unspecified atom stereocenters. The van der Waals surface area contributed by atoms with Gasteiger partial charge in [-0.2, -0.15) is 0 Å². The molecule has 34 heavy (non-hydrogen) atoms. The second-order valence-electron chi connectivity index (χ2n) is 8.53. The van der Waals surface area contributed by atoms with Crippen LogP contribution in [0.1, 0.15) is 16.7 Å². The maximum atomic E-state index is 11.6. The second-order valence-corrected chi connectivity index (χ2v) is 8.53. The third-order valence-corrected chi connectivity index (χ3v) is 6.53. The first-order valence-corrected chi connectivity index (χ1v) is 11.5. The minimum Gasteiger partial charge on any atom is -0.423 e. The SMILES string of the molecule is C=CC(=O)Oc1ccc(N(c2ccccc2)c2ccc3c4c5c(ccc24)CC=CC5=CC3)cc1. The van der Waals surface area contributed by atoms with Gasteiger partial charge in [0, 0.05) is 22.8 Å². The zero-order valence-electron chi connectivity index (χ0n) is 18.7. The van der Waals surface area contributed by atoms with Gasteiger partial charge in [0.1, 0.15) is 5.75 Å². The Kier molecular flexibility index (Phi) is 4.88. The zero-order chi connectivity index (χ0) is 23.1. The molecular weight excluding hydrogens is 418 g/mol. The molecule has 0 heterocycles. The Balaban J connectivity index is 1.54. The van der Waals surface area contributed by atoms with E-state index < -0.39 is 5.97 Å². The zero-order valence-corrected chi connectivity index (χ0v) is 18.7. The van der Waals surface area contributed by atoms with Gasteiger partial charge in [0.05, 0.1) is 5.69 Å². The van der Waals surface area contributed by atoms with Crippen molar-refractivity contribution in [3.8, 4) is 5.75 Å². The number of ether oxygens (including phenoxy) is 1. The highest BCUT2D eigenvalue weighted by atomic mass is 16.5. The average molecular weight is 442 g/mol. The van der Waals surface area contributed by atoms with Crippen LogP contribution < -0.4 is 9.64 Å². The molecule has 0 saturated carbocycles. The second kappa shape index (κ2) is 8.20. The molecule has 0 N–H and O–H groups in total. The normalized spacial score (nSPS) is 13.4. The van der Waals surface area contributed by atoms with Crippen LogP contribution in [-0.4, -0.2) is 5.97 Å². The van der Waals surface area contributed by atoms with E-state index in [0.29, 0.717) is 5.75 Å². The summed E-state index contributed by atoms with van der Waals surface area (Å²) >= 11 is 0. The maximum absolute atomic E-state index is 11.6. The number of hydrogen-bond acceptors (Lipinski definition) is 3. The number of benzene rings is 4. The van der Waals surface area contributed by atoms with Gasteiger partial charge in [-0.3, -0.25) is 0 Å². The summed E-state index contributed by atoms with van der Waals surface area (Å²) in [5.74, 6) is 0.0262. The number of anilines is 3. The molecule has 3 heteroatoms. The average Bonchev–Trinajstić information content (AvgIpc) is 2.89. The molecule has 0 aromatic heterocycles. The summed E-state index contributed by atoms with van der Waals surface area (Å²) in [6.07, 6.45) is 9.94. The lowest BCUT2D eigenvalue weighted by molar-refractivity contribution is -0.128. The summed E-state index contributed by atoms with van der Waals surface area (Å²) in [5, 5.41) is 2.59. The molecule has 6 rings (SSSR count). The first kappa shape index (κ1) is 20.3. The van der Waals surface area contributed by atoms with Gasteiger partial charge in [0.2, 0.25) is 0 Å².